The van der Waals surface area contributed by atoms with Crippen molar-refractivity contribution in [2.45, 2.75) is 65.1 Å². The Labute approximate surface area is 160 Å². The van der Waals surface area contributed by atoms with E-state index in [0.717, 1.165) is 0 Å². The van der Waals surface area contributed by atoms with Crippen molar-refractivity contribution in [1.82, 2.24) is 0 Å². The van der Waals surface area contributed by atoms with E-state index in [2.05, 4.69) is 6.58 Å². The van der Waals surface area contributed by atoms with Crippen molar-refractivity contribution in [1.29, 1.82) is 0 Å². The van der Waals surface area contributed by atoms with Crippen molar-refractivity contribution in [3.63, 3.8) is 0 Å². The van der Waals surface area contributed by atoms with Crippen LogP contribution in [-0.4, -0.2) is 39.8 Å². The quantitative estimate of drug-likeness (QED) is 0.275. The second-order valence-corrected chi connectivity index (χ2v) is 7.19. The summed E-state index contributed by atoms with van der Waals surface area (Å²) in [7, 11) is 0. The molecular formula is C21H30O6. The number of phenolic OH excluding ortho intramolecular Hbond substituents is 2. The van der Waals surface area contributed by atoms with Crippen LogP contribution in [0.5, 0.6) is 11.5 Å². The molecule has 6 nitrogen and oxygen atoms in total. The Hall–Kier alpha value is -2.34. The first-order chi connectivity index (χ1) is 12.5. The fourth-order valence-corrected chi connectivity index (χ4v) is 2.40. The summed E-state index contributed by atoms with van der Waals surface area (Å²) in [5.41, 5.74) is -1.24. The number of ether oxygens (including phenoxy) is 2. The van der Waals surface area contributed by atoms with Crippen molar-refractivity contribution < 1.29 is 29.3 Å². The minimum Gasteiger partial charge on any atom is -0.504 e. The number of esters is 1. The van der Waals surface area contributed by atoms with Crippen LogP contribution in [0.4, 0.5) is 0 Å². The van der Waals surface area contributed by atoms with Crippen molar-refractivity contribution in [2.24, 2.45) is 0 Å². The maximum atomic E-state index is 12.8. The number of rotatable bonds is 10. The van der Waals surface area contributed by atoms with E-state index in [1.165, 1.54) is 18.2 Å². The molecule has 0 aromatic heterocycles. The van der Waals surface area contributed by atoms with Gasteiger partial charge in [-0.25, -0.2) is 4.79 Å². The highest BCUT2D eigenvalue weighted by molar-refractivity contribution is 6.02. The molecule has 2 atom stereocenters. The number of carbonyl (C=O) groups is 2. The predicted molar refractivity (Wildman–Crippen MR) is 103 cm³/mol. The van der Waals surface area contributed by atoms with E-state index in [1.807, 2.05) is 20.8 Å². The standard InChI is InChI=1S/C21H30O6/c1-7-20(5,27-19(25)14(3)4)11-12-26-21(6,8-2)18(24)15-9-10-16(22)17(23)13-15/h9-10,13,22-23H,3,7-8,11-12H2,1-2,4-6H3. The molecule has 1 aromatic carbocycles. The maximum absolute atomic E-state index is 12.8. The summed E-state index contributed by atoms with van der Waals surface area (Å²) in [4.78, 5) is 24.7. The van der Waals surface area contributed by atoms with Crippen LogP contribution in [0.3, 0.4) is 0 Å². The van der Waals surface area contributed by atoms with Crippen molar-refractivity contribution in [3.05, 3.63) is 35.9 Å². The molecule has 0 aliphatic carbocycles. The molecule has 0 heterocycles. The number of hydrogen-bond acceptors (Lipinski definition) is 6. The van der Waals surface area contributed by atoms with E-state index < -0.39 is 17.2 Å². The lowest BCUT2D eigenvalue weighted by Gasteiger charge is -2.32. The van der Waals surface area contributed by atoms with Gasteiger partial charge < -0.3 is 19.7 Å². The summed E-state index contributed by atoms with van der Waals surface area (Å²) in [6.45, 7) is 12.6. The highest BCUT2D eigenvalue weighted by Crippen LogP contribution is 2.30. The van der Waals surface area contributed by atoms with Crippen molar-refractivity contribution >= 4 is 11.8 Å². The zero-order chi connectivity index (χ0) is 20.8. The predicted octanol–water partition coefficient (Wildman–Crippen LogP) is 4.14. The summed E-state index contributed by atoms with van der Waals surface area (Å²) < 4.78 is 11.4. The minimum atomic E-state index is -1.10. The van der Waals surface area contributed by atoms with E-state index in [9.17, 15) is 19.8 Å². The second-order valence-electron chi connectivity index (χ2n) is 7.19. The Balaban J connectivity index is 2.83. The van der Waals surface area contributed by atoms with Gasteiger partial charge in [-0.05, 0) is 51.8 Å². The first-order valence-corrected chi connectivity index (χ1v) is 9.07. The highest BCUT2D eigenvalue weighted by Gasteiger charge is 2.35. The average Bonchev–Trinajstić information content (AvgIpc) is 2.63. The highest BCUT2D eigenvalue weighted by atomic mass is 16.6. The molecule has 0 saturated carbocycles. The molecule has 2 N–H and O–H groups in total. The molecule has 0 radical (unpaired) electrons. The minimum absolute atomic E-state index is 0.216. The lowest BCUT2D eigenvalue weighted by molar-refractivity contribution is -0.156. The van der Waals surface area contributed by atoms with Gasteiger partial charge in [0.2, 0.25) is 0 Å². The third-order valence-electron chi connectivity index (χ3n) is 4.88. The van der Waals surface area contributed by atoms with E-state index in [1.54, 1.807) is 13.8 Å². The average molecular weight is 378 g/mol. The van der Waals surface area contributed by atoms with Crippen LogP contribution in [0.15, 0.2) is 30.4 Å². The normalized spacial score (nSPS) is 15.4. The molecule has 0 aliphatic heterocycles. The second kappa shape index (κ2) is 9.04. The van der Waals surface area contributed by atoms with Crippen molar-refractivity contribution in [3.8, 4) is 11.5 Å². The van der Waals surface area contributed by atoms with Crippen LogP contribution in [0.1, 0.15) is 64.2 Å². The van der Waals surface area contributed by atoms with Crippen LogP contribution >= 0.6 is 0 Å². The fourth-order valence-electron chi connectivity index (χ4n) is 2.40. The van der Waals surface area contributed by atoms with E-state index >= 15 is 0 Å². The lowest BCUT2D eigenvalue weighted by Crippen LogP contribution is -2.40. The molecule has 0 aliphatic rings. The molecule has 150 valence electrons. The van der Waals surface area contributed by atoms with Gasteiger partial charge in [0.15, 0.2) is 17.3 Å². The van der Waals surface area contributed by atoms with Gasteiger partial charge in [0.1, 0.15) is 11.2 Å². The third kappa shape index (κ3) is 5.82. The molecule has 0 bridgehead atoms. The molecule has 0 saturated heterocycles. The first-order valence-electron chi connectivity index (χ1n) is 9.07. The van der Waals surface area contributed by atoms with Gasteiger partial charge in [-0.15, -0.1) is 0 Å². The molecule has 1 aromatic rings. The summed E-state index contributed by atoms with van der Waals surface area (Å²) >= 11 is 0. The summed E-state index contributed by atoms with van der Waals surface area (Å²) in [6, 6.07) is 3.93. The lowest BCUT2D eigenvalue weighted by atomic mass is 9.91. The number of phenols is 2. The summed E-state index contributed by atoms with van der Waals surface area (Å²) in [5, 5.41) is 19.0. The number of aromatic hydroxyl groups is 2. The van der Waals surface area contributed by atoms with Gasteiger partial charge in [-0.3, -0.25) is 4.79 Å². The van der Waals surface area contributed by atoms with Crippen LogP contribution < -0.4 is 0 Å². The Morgan fingerprint density at radius 2 is 1.74 bits per heavy atom. The Morgan fingerprint density at radius 3 is 2.22 bits per heavy atom. The number of carbonyl (C=O) groups excluding carboxylic acids is 2. The van der Waals surface area contributed by atoms with Gasteiger partial charge in [-0.2, -0.15) is 0 Å². The number of ketones is 1. The van der Waals surface area contributed by atoms with E-state index in [4.69, 9.17) is 9.47 Å². The van der Waals surface area contributed by atoms with Crippen LogP contribution in [0.2, 0.25) is 0 Å². The summed E-state index contributed by atoms with van der Waals surface area (Å²) in [6.07, 6.45) is 1.44. The van der Waals surface area contributed by atoms with Crippen LogP contribution in [0, 0.1) is 0 Å². The molecule has 6 heteroatoms. The van der Waals surface area contributed by atoms with Gasteiger partial charge in [0.05, 0.1) is 6.61 Å². The topological polar surface area (TPSA) is 93.1 Å². The Kier molecular flexibility index (Phi) is 7.60. The number of Topliss-reactive ketones (excluding diaryl/α,β-unsaturated/α-hetero) is 1. The van der Waals surface area contributed by atoms with Crippen LogP contribution in [-0.2, 0) is 14.3 Å². The van der Waals surface area contributed by atoms with Crippen LogP contribution in [0.25, 0.3) is 0 Å². The molecule has 0 amide bonds. The van der Waals surface area contributed by atoms with Crippen molar-refractivity contribution in [2.75, 3.05) is 6.61 Å². The number of benzene rings is 1. The smallest absolute Gasteiger partial charge is 0.333 e. The van der Waals surface area contributed by atoms with E-state index in [-0.39, 0.29) is 29.5 Å². The third-order valence-corrected chi connectivity index (χ3v) is 4.88. The number of hydrogen-bond donors (Lipinski definition) is 2. The molecule has 27 heavy (non-hydrogen) atoms. The Morgan fingerprint density at radius 1 is 1.11 bits per heavy atom. The molecule has 1 rings (SSSR count). The molecular weight excluding hydrogens is 348 g/mol. The SMILES string of the molecule is C=C(C)C(=O)OC(C)(CC)CCOC(C)(CC)C(=O)c1ccc(O)c(O)c1. The van der Waals surface area contributed by atoms with Gasteiger partial charge in [0, 0.05) is 17.6 Å². The summed E-state index contributed by atoms with van der Waals surface area (Å²) in [5.74, 6) is -1.39. The van der Waals surface area contributed by atoms with Gasteiger partial charge >= 0.3 is 5.97 Å². The maximum Gasteiger partial charge on any atom is 0.333 e. The largest absolute Gasteiger partial charge is 0.504 e. The molecule has 0 fully saturated rings. The fraction of sp³-hybridized carbons (Fsp3) is 0.524. The first kappa shape index (κ1) is 22.7. The van der Waals surface area contributed by atoms with Gasteiger partial charge in [-0.1, -0.05) is 20.4 Å². The van der Waals surface area contributed by atoms with Gasteiger partial charge in [0.25, 0.3) is 0 Å². The monoisotopic (exact) mass is 378 g/mol. The zero-order valence-electron chi connectivity index (χ0n) is 16.8. The molecule has 2 unspecified atom stereocenters. The Bertz CT molecular complexity index is 711. The molecule has 0 spiro atoms. The zero-order valence-corrected chi connectivity index (χ0v) is 16.8. The van der Waals surface area contributed by atoms with E-state index in [0.29, 0.717) is 24.8 Å².